The number of anilines is 1. The quantitative estimate of drug-likeness (QED) is 0.748. The molecule has 138 valence electrons. The van der Waals surface area contributed by atoms with Gasteiger partial charge < -0.3 is 10.1 Å². The fraction of sp³-hybridized carbons (Fsp3) is 0.105. The molecule has 6 nitrogen and oxygen atoms in total. The van der Waals surface area contributed by atoms with Gasteiger partial charge in [0, 0.05) is 11.8 Å². The molecular weight excluding hydrogens is 356 g/mol. The van der Waals surface area contributed by atoms with Gasteiger partial charge in [-0.05, 0) is 31.2 Å². The number of para-hydroxylation sites is 1. The molecule has 0 aliphatic rings. The van der Waals surface area contributed by atoms with Crippen molar-refractivity contribution >= 4 is 11.6 Å². The second-order valence-corrected chi connectivity index (χ2v) is 5.46. The number of halogens is 2. The molecule has 0 atom stereocenters. The standard InChI is InChI=1S/C19H15F2N3O3/c1-2-27-17-11-16(25)18(23-24(17)13-6-4-3-5-7-13)19(26)22-12-8-9-14(20)15(21)10-12/h3-11H,2H2,1H3,(H,22,26). The van der Waals surface area contributed by atoms with E-state index in [1.54, 1.807) is 31.2 Å². The lowest BCUT2D eigenvalue weighted by atomic mass is 10.2. The predicted octanol–water partition coefficient (Wildman–Crippen LogP) is 3.16. The van der Waals surface area contributed by atoms with Crippen LogP contribution in [0, 0.1) is 11.6 Å². The Bertz CT molecular complexity index is 1040. The lowest BCUT2D eigenvalue weighted by Crippen LogP contribution is -2.26. The average molecular weight is 371 g/mol. The Morgan fingerprint density at radius 1 is 1.11 bits per heavy atom. The summed E-state index contributed by atoms with van der Waals surface area (Å²) in [4.78, 5) is 24.7. The van der Waals surface area contributed by atoms with Gasteiger partial charge in [-0.15, -0.1) is 0 Å². The van der Waals surface area contributed by atoms with Gasteiger partial charge in [-0.2, -0.15) is 5.10 Å². The number of aromatic nitrogens is 2. The van der Waals surface area contributed by atoms with Crippen molar-refractivity contribution in [3.8, 4) is 11.6 Å². The maximum atomic E-state index is 13.3. The number of nitrogens with zero attached hydrogens (tertiary/aromatic N) is 2. The number of hydrogen-bond donors (Lipinski definition) is 1. The summed E-state index contributed by atoms with van der Waals surface area (Å²) in [6.45, 7) is 2.05. The highest BCUT2D eigenvalue weighted by Gasteiger charge is 2.18. The summed E-state index contributed by atoms with van der Waals surface area (Å²) in [6.07, 6.45) is 0. The van der Waals surface area contributed by atoms with Gasteiger partial charge in [-0.25, -0.2) is 13.5 Å². The number of carbonyl (C=O) groups excluding carboxylic acids is 1. The molecule has 2 aromatic carbocycles. The molecule has 0 spiro atoms. The van der Waals surface area contributed by atoms with Crippen LogP contribution in [0.15, 0.2) is 59.4 Å². The van der Waals surface area contributed by atoms with Crippen LogP contribution < -0.4 is 15.5 Å². The highest BCUT2D eigenvalue weighted by atomic mass is 19.2. The first-order valence-electron chi connectivity index (χ1n) is 8.08. The average Bonchev–Trinajstić information content (AvgIpc) is 2.66. The summed E-state index contributed by atoms with van der Waals surface area (Å²) >= 11 is 0. The first-order chi connectivity index (χ1) is 13.0. The van der Waals surface area contributed by atoms with Crippen molar-refractivity contribution in [2.24, 2.45) is 0 Å². The minimum Gasteiger partial charge on any atom is -0.478 e. The largest absolute Gasteiger partial charge is 0.478 e. The number of nitrogens with one attached hydrogen (secondary N) is 1. The van der Waals surface area contributed by atoms with E-state index in [0.717, 1.165) is 18.2 Å². The summed E-state index contributed by atoms with van der Waals surface area (Å²) in [6, 6.07) is 12.8. The van der Waals surface area contributed by atoms with Crippen LogP contribution in [0.3, 0.4) is 0 Å². The van der Waals surface area contributed by atoms with Crippen molar-refractivity contribution in [3.05, 3.63) is 82.1 Å². The van der Waals surface area contributed by atoms with Gasteiger partial charge in [0.05, 0.1) is 18.4 Å². The van der Waals surface area contributed by atoms with Crippen LogP contribution in [0.1, 0.15) is 17.4 Å². The molecule has 0 aliphatic carbocycles. The summed E-state index contributed by atoms with van der Waals surface area (Å²) in [7, 11) is 0. The van der Waals surface area contributed by atoms with Gasteiger partial charge in [0.25, 0.3) is 5.91 Å². The summed E-state index contributed by atoms with van der Waals surface area (Å²) in [5.41, 5.74) is -0.485. The van der Waals surface area contributed by atoms with E-state index in [2.05, 4.69) is 10.4 Å². The van der Waals surface area contributed by atoms with Gasteiger partial charge in [-0.3, -0.25) is 9.59 Å². The van der Waals surface area contributed by atoms with E-state index in [1.807, 2.05) is 6.07 Å². The molecule has 3 rings (SSSR count). The van der Waals surface area contributed by atoms with Crippen molar-refractivity contribution < 1.29 is 18.3 Å². The maximum absolute atomic E-state index is 13.3. The van der Waals surface area contributed by atoms with Gasteiger partial charge in [0.2, 0.25) is 11.3 Å². The Morgan fingerprint density at radius 3 is 2.52 bits per heavy atom. The first-order valence-corrected chi connectivity index (χ1v) is 8.08. The Hall–Kier alpha value is -3.55. The normalized spacial score (nSPS) is 10.5. The number of hydrogen-bond acceptors (Lipinski definition) is 4. The molecule has 1 N–H and O–H groups in total. The number of rotatable bonds is 5. The van der Waals surface area contributed by atoms with Crippen LogP contribution >= 0.6 is 0 Å². The van der Waals surface area contributed by atoms with Crippen molar-refractivity contribution in [2.75, 3.05) is 11.9 Å². The minimum absolute atomic E-state index is 0.000228. The zero-order valence-corrected chi connectivity index (χ0v) is 14.3. The van der Waals surface area contributed by atoms with E-state index in [9.17, 15) is 18.4 Å². The molecule has 0 saturated heterocycles. The molecule has 0 fully saturated rings. The molecule has 1 heterocycles. The number of amides is 1. The Balaban J connectivity index is 2.00. The summed E-state index contributed by atoms with van der Waals surface area (Å²) < 4.78 is 33.1. The smallest absolute Gasteiger partial charge is 0.280 e. The number of benzene rings is 2. The van der Waals surface area contributed by atoms with Crippen LogP contribution in [0.25, 0.3) is 5.69 Å². The molecule has 0 aliphatic heterocycles. The highest BCUT2D eigenvalue weighted by molar-refractivity contribution is 6.02. The van der Waals surface area contributed by atoms with Crippen LogP contribution in [0.2, 0.25) is 0 Å². The van der Waals surface area contributed by atoms with Crippen LogP contribution in [0.4, 0.5) is 14.5 Å². The van der Waals surface area contributed by atoms with Gasteiger partial charge >= 0.3 is 0 Å². The molecule has 0 unspecified atom stereocenters. The van der Waals surface area contributed by atoms with E-state index >= 15 is 0 Å². The molecule has 3 aromatic rings. The molecule has 8 heteroatoms. The molecule has 27 heavy (non-hydrogen) atoms. The van der Waals surface area contributed by atoms with E-state index in [0.29, 0.717) is 12.3 Å². The molecule has 0 saturated carbocycles. The third kappa shape index (κ3) is 4.00. The lowest BCUT2D eigenvalue weighted by molar-refractivity contribution is 0.101. The topological polar surface area (TPSA) is 73.2 Å². The highest BCUT2D eigenvalue weighted by Crippen LogP contribution is 2.17. The van der Waals surface area contributed by atoms with E-state index in [-0.39, 0.29) is 11.6 Å². The van der Waals surface area contributed by atoms with Crippen LogP contribution in [-0.2, 0) is 0 Å². The zero-order chi connectivity index (χ0) is 19.4. The third-order valence-corrected chi connectivity index (χ3v) is 3.58. The Morgan fingerprint density at radius 2 is 1.85 bits per heavy atom. The minimum atomic E-state index is -1.12. The molecule has 1 amide bonds. The number of ether oxygens (including phenoxy) is 1. The zero-order valence-electron chi connectivity index (χ0n) is 14.3. The van der Waals surface area contributed by atoms with Crippen molar-refractivity contribution in [2.45, 2.75) is 6.92 Å². The molecular formula is C19H15F2N3O3. The fourth-order valence-corrected chi connectivity index (χ4v) is 2.37. The Kier molecular flexibility index (Phi) is 5.25. The second kappa shape index (κ2) is 7.77. The van der Waals surface area contributed by atoms with Gasteiger partial charge in [0.15, 0.2) is 17.3 Å². The molecule has 0 bridgehead atoms. The monoisotopic (exact) mass is 371 g/mol. The number of carbonyl (C=O) groups is 1. The fourth-order valence-electron chi connectivity index (χ4n) is 2.37. The first kappa shape index (κ1) is 18.2. The van der Waals surface area contributed by atoms with Crippen molar-refractivity contribution in [1.82, 2.24) is 9.78 Å². The summed E-state index contributed by atoms with van der Waals surface area (Å²) in [5.74, 6) is -2.83. The summed E-state index contributed by atoms with van der Waals surface area (Å²) in [5, 5.41) is 6.43. The molecule has 0 radical (unpaired) electrons. The SMILES string of the molecule is CCOc1cc(=O)c(C(=O)Nc2ccc(F)c(F)c2)nn1-c1ccccc1. The van der Waals surface area contributed by atoms with Crippen molar-refractivity contribution in [3.63, 3.8) is 0 Å². The third-order valence-electron chi connectivity index (χ3n) is 3.58. The lowest BCUT2D eigenvalue weighted by Gasteiger charge is -2.13. The van der Waals surface area contributed by atoms with E-state index in [1.165, 1.54) is 10.7 Å². The van der Waals surface area contributed by atoms with Crippen LogP contribution in [0.5, 0.6) is 5.88 Å². The second-order valence-electron chi connectivity index (χ2n) is 5.46. The van der Waals surface area contributed by atoms with E-state index in [4.69, 9.17) is 4.74 Å². The van der Waals surface area contributed by atoms with Crippen LogP contribution in [-0.4, -0.2) is 22.3 Å². The maximum Gasteiger partial charge on any atom is 0.280 e. The predicted molar refractivity (Wildman–Crippen MR) is 95.3 cm³/mol. The van der Waals surface area contributed by atoms with Crippen molar-refractivity contribution in [1.29, 1.82) is 0 Å². The Labute approximate surface area is 153 Å². The van der Waals surface area contributed by atoms with E-state index < -0.39 is 28.7 Å². The van der Waals surface area contributed by atoms with Gasteiger partial charge in [0.1, 0.15) is 0 Å². The van der Waals surface area contributed by atoms with Gasteiger partial charge in [-0.1, -0.05) is 18.2 Å². The molecule has 1 aromatic heterocycles.